The Morgan fingerprint density at radius 3 is 2.79 bits per heavy atom. The van der Waals surface area contributed by atoms with E-state index in [2.05, 4.69) is 4.98 Å². The van der Waals surface area contributed by atoms with Gasteiger partial charge in [-0.3, -0.25) is 0 Å². The molecule has 1 heterocycles. The van der Waals surface area contributed by atoms with Crippen LogP contribution in [0.3, 0.4) is 0 Å². The fourth-order valence-corrected chi connectivity index (χ4v) is 1.64. The monoisotopic (exact) mass is 256 g/mol. The third kappa shape index (κ3) is 2.69. The summed E-state index contributed by atoms with van der Waals surface area (Å²) in [5.74, 6) is -1.67. The van der Waals surface area contributed by atoms with Crippen LogP contribution in [-0.2, 0) is 4.79 Å². The fraction of sp³-hybridized carbons (Fsp3) is 0. The second-order valence-corrected chi connectivity index (χ2v) is 3.80. The first-order valence-corrected chi connectivity index (χ1v) is 5.40. The maximum Gasteiger partial charge on any atom is 0.346 e. The number of H-pyrrole nitrogens is 1. The zero-order valence-corrected chi connectivity index (χ0v) is 9.72. The predicted octanol–water partition coefficient (Wildman–Crippen LogP) is 2.81. The van der Waals surface area contributed by atoms with Gasteiger partial charge in [-0.05, 0) is 29.8 Å². The minimum Gasteiger partial charge on any atom is -0.477 e. The van der Waals surface area contributed by atoms with Gasteiger partial charge in [-0.2, -0.15) is 5.26 Å². The van der Waals surface area contributed by atoms with Gasteiger partial charge in [0.2, 0.25) is 0 Å². The van der Waals surface area contributed by atoms with Crippen molar-refractivity contribution >= 4 is 12.0 Å². The molecule has 0 spiro atoms. The maximum absolute atomic E-state index is 13.6. The first-order valence-electron chi connectivity index (χ1n) is 5.40. The molecule has 4 nitrogen and oxygen atoms in total. The largest absolute Gasteiger partial charge is 0.477 e. The SMILES string of the molecule is N#C/C(=C\c1c[nH]c(-c2ccccc2F)c1)C(=O)O. The molecule has 5 heteroatoms. The Balaban J connectivity index is 2.38. The Labute approximate surface area is 108 Å². The third-order valence-electron chi connectivity index (χ3n) is 2.53. The van der Waals surface area contributed by atoms with E-state index in [4.69, 9.17) is 10.4 Å². The lowest BCUT2D eigenvalue weighted by molar-refractivity contribution is -0.132. The smallest absolute Gasteiger partial charge is 0.346 e. The van der Waals surface area contributed by atoms with Crippen molar-refractivity contribution in [2.24, 2.45) is 0 Å². The van der Waals surface area contributed by atoms with Crippen LogP contribution >= 0.6 is 0 Å². The molecule has 1 aromatic carbocycles. The number of aromatic amines is 1. The van der Waals surface area contributed by atoms with Crippen molar-refractivity contribution in [2.75, 3.05) is 0 Å². The molecule has 0 aliphatic rings. The average molecular weight is 256 g/mol. The second-order valence-electron chi connectivity index (χ2n) is 3.80. The van der Waals surface area contributed by atoms with Crippen molar-refractivity contribution in [1.82, 2.24) is 4.98 Å². The number of benzene rings is 1. The number of rotatable bonds is 3. The molecule has 0 aliphatic heterocycles. The molecule has 19 heavy (non-hydrogen) atoms. The third-order valence-corrected chi connectivity index (χ3v) is 2.53. The Kier molecular flexibility index (Phi) is 3.44. The van der Waals surface area contributed by atoms with Crippen LogP contribution in [0, 0.1) is 17.1 Å². The highest BCUT2D eigenvalue weighted by atomic mass is 19.1. The summed E-state index contributed by atoms with van der Waals surface area (Å²) >= 11 is 0. The molecule has 0 bridgehead atoms. The van der Waals surface area contributed by atoms with Gasteiger partial charge in [0.05, 0.1) is 0 Å². The predicted molar refractivity (Wildman–Crippen MR) is 67.4 cm³/mol. The molecule has 0 amide bonds. The van der Waals surface area contributed by atoms with E-state index in [1.165, 1.54) is 18.3 Å². The molecule has 0 saturated heterocycles. The highest BCUT2D eigenvalue weighted by Crippen LogP contribution is 2.22. The normalized spacial score (nSPS) is 11.1. The minimum absolute atomic E-state index is 0.376. The van der Waals surface area contributed by atoms with Gasteiger partial charge in [0, 0.05) is 17.5 Å². The van der Waals surface area contributed by atoms with Crippen LogP contribution in [-0.4, -0.2) is 16.1 Å². The van der Waals surface area contributed by atoms with Crippen molar-refractivity contribution in [1.29, 1.82) is 5.26 Å². The second kappa shape index (κ2) is 5.19. The first kappa shape index (κ1) is 12.6. The molecule has 2 aromatic rings. The molecule has 0 fully saturated rings. The summed E-state index contributed by atoms with van der Waals surface area (Å²) in [5, 5.41) is 17.4. The lowest BCUT2D eigenvalue weighted by atomic mass is 10.1. The summed E-state index contributed by atoms with van der Waals surface area (Å²) in [6, 6.07) is 9.40. The van der Waals surface area contributed by atoms with Gasteiger partial charge in [0.15, 0.2) is 0 Å². The summed E-state index contributed by atoms with van der Waals surface area (Å²) in [4.78, 5) is 13.5. The van der Waals surface area contributed by atoms with Crippen LogP contribution in [0.2, 0.25) is 0 Å². The van der Waals surface area contributed by atoms with Gasteiger partial charge < -0.3 is 10.1 Å². The number of hydrogen-bond donors (Lipinski definition) is 2. The van der Waals surface area contributed by atoms with Gasteiger partial charge in [-0.15, -0.1) is 0 Å². The maximum atomic E-state index is 13.6. The quantitative estimate of drug-likeness (QED) is 0.654. The molecule has 2 rings (SSSR count). The number of hydrogen-bond acceptors (Lipinski definition) is 2. The summed E-state index contributed by atoms with van der Waals surface area (Å²) in [6.45, 7) is 0. The summed E-state index contributed by atoms with van der Waals surface area (Å²) in [5.41, 5.74) is 1.03. The molecule has 0 atom stereocenters. The molecule has 0 saturated carbocycles. The zero-order valence-electron chi connectivity index (χ0n) is 9.72. The Hall–Kier alpha value is -2.87. The highest BCUT2D eigenvalue weighted by Gasteiger charge is 2.09. The molecule has 94 valence electrons. The minimum atomic E-state index is -1.30. The van der Waals surface area contributed by atoms with Gasteiger partial charge in [0.1, 0.15) is 17.5 Å². The van der Waals surface area contributed by atoms with Gasteiger partial charge in [0.25, 0.3) is 0 Å². The van der Waals surface area contributed by atoms with Crippen molar-refractivity contribution in [3.8, 4) is 17.3 Å². The van der Waals surface area contributed by atoms with Crippen LogP contribution in [0.15, 0.2) is 42.1 Å². The lowest BCUT2D eigenvalue weighted by Gasteiger charge is -1.98. The van der Waals surface area contributed by atoms with Crippen molar-refractivity contribution in [3.63, 3.8) is 0 Å². The van der Waals surface area contributed by atoms with E-state index < -0.39 is 5.97 Å². The number of aromatic nitrogens is 1. The van der Waals surface area contributed by atoms with E-state index in [-0.39, 0.29) is 11.4 Å². The number of carboxylic acids is 1. The van der Waals surface area contributed by atoms with E-state index in [1.807, 2.05) is 0 Å². The number of halogens is 1. The number of aliphatic carboxylic acids is 1. The number of nitrogens with one attached hydrogen (secondary N) is 1. The Morgan fingerprint density at radius 2 is 2.16 bits per heavy atom. The van der Waals surface area contributed by atoms with Gasteiger partial charge in [-0.1, -0.05) is 12.1 Å². The molecule has 1 aromatic heterocycles. The fourth-order valence-electron chi connectivity index (χ4n) is 1.64. The zero-order chi connectivity index (χ0) is 13.8. The van der Waals surface area contributed by atoms with Crippen molar-refractivity contribution < 1.29 is 14.3 Å². The van der Waals surface area contributed by atoms with Crippen molar-refractivity contribution in [3.05, 3.63) is 53.5 Å². The van der Waals surface area contributed by atoms with Crippen LogP contribution in [0.4, 0.5) is 4.39 Å². The Bertz CT molecular complexity index is 695. The van der Waals surface area contributed by atoms with Crippen LogP contribution in [0.25, 0.3) is 17.3 Å². The van der Waals surface area contributed by atoms with Crippen LogP contribution < -0.4 is 0 Å². The number of carbonyl (C=O) groups is 1. The number of nitriles is 1. The van der Waals surface area contributed by atoms with Gasteiger partial charge in [-0.25, -0.2) is 9.18 Å². The summed E-state index contributed by atoms with van der Waals surface area (Å²) in [7, 11) is 0. The number of nitrogens with zero attached hydrogens (tertiary/aromatic N) is 1. The molecule has 0 radical (unpaired) electrons. The van der Waals surface area contributed by atoms with Crippen molar-refractivity contribution in [2.45, 2.75) is 0 Å². The highest BCUT2D eigenvalue weighted by molar-refractivity contribution is 5.96. The molecule has 0 unspecified atom stereocenters. The Morgan fingerprint density at radius 1 is 1.42 bits per heavy atom. The first-order chi connectivity index (χ1) is 9.11. The molecular weight excluding hydrogens is 247 g/mol. The molecular formula is C14H9FN2O2. The van der Waals surface area contributed by atoms with Gasteiger partial charge >= 0.3 is 5.97 Å². The molecule has 0 aliphatic carbocycles. The topological polar surface area (TPSA) is 76.9 Å². The van der Waals surface area contributed by atoms with E-state index in [0.717, 1.165) is 0 Å². The average Bonchev–Trinajstić information content (AvgIpc) is 2.84. The van der Waals surface area contributed by atoms with E-state index in [0.29, 0.717) is 16.8 Å². The number of carboxylic acid groups (broad SMARTS) is 1. The van der Waals surface area contributed by atoms with Crippen LogP contribution in [0.5, 0.6) is 0 Å². The van der Waals surface area contributed by atoms with E-state index >= 15 is 0 Å². The molecule has 2 N–H and O–H groups in total. The summed E-state index contributed by atoms with van der Waals surface area (Å²) in [6.07, 6.45) is 2.74. The lowest BCUT2D eigenvalue weighted by Crippen LogP contribution is -1.96. The van der Waals surface area contributed by atoms with Crippen LogP contribution in [0.1, 0.15) is 5.56 Å². The van der Waals surface area contributed by atoms with E-state index in [1.54, 1.807) is 30.3 Å². The summed E-state index contributed by atoms with van der Waals surface area (Å²) < 4.78 is 13.6. The van der Waals surface area contributed by atoms with E-state index in [9.17, 15) is 9.18 Å². The standard InChI is InChI=1S/C14H9FN2O2/c15-12-4-2-1-3-11(12)13-6-9(8-17-13)5-10(7-16)14(18)19/h1-6,8,17H,(H,18,19)/b10-5+.